The summed E-state index contributed by atoms with van der Waals surface area (Å²) in [7, 11) is 0. The molecule has 0 amide bonds. The van der Waals surface area contributed by atoms with E-state index in [4.69, 9.17) is 5.26 Å². The van der Waals surface area contributed by atoms with Gasteiger partial charge in [0.25, 0.3) is 0 Å². The molecule has 1 atom stereocenters. The monoisotopic (exact) mass is 296 g/mol. The molecule has 1 aliphatic rings. The second-order valence-electron chi connectivity index (χ2n) is 4.98. The molecule has 1 aromatic carbocycles. The van der Waals surface area contributed by atoms with E-state index in [1.165, 1.54) is 0 Å². The summed E-state index contributed by atoms with van der Waals surface area (Å²) >= 11 is 0. The fourth-order valence-corrected chi connectivity index (χ4v) is 2.39. The molecule has 0 saturated heterocycles. The van der Waals surface area contributed by atoms with Crippen molar-refractivity contribution < 1.29 is 18.3 Å². The topological polar surface area (TPSA) is 47.3 Å². The van der Waals surface area contributed by atoms with E-state index in [1.54, 1.807) is 30.0 Å². The Balaban J connectivity index is 2.31. The number of alkyl halides is 3. The van der Waals surface area contributed by atoms with Crippen LogP contribution in [0.25, 0.3) is 0 Å². The van der Waals surface area contributed by atoms with Crippen LogP contribution in [-0.2, 0) is 0 Å². The van der Waals surface area contributed by atoms with Crippen LogP contribution in [0, 0.1) is 11.3 Å². The molecular formula is C15H15F3N2O. The van der Waals surface area contributed by atoms with Gasteiger partial charge in [-0.25, -0.2) is 0 Å². The molecule has 1 N–H and O–H groups in total. The van der Waals surface area contributed by atoms with E-state index in [-0.39, 0.29) is 19.5 Å². The van der Waals surface area contributed by atoms with Crippen molar-refractivity contribution in [3.8, 4) is 6.07 Å². The third kappa shape index (κ3) is 3.37. The van der Waals surface area contributed by atoms with E-state index in [1.807, 2.05) is 6.07 Å². The number of halogens is 3. The van der Waals surface area contributed by atoms with E-state index in [0.29, 0.717) is 16.8 Å². The van der Waals surface area contributed by atoms with Gasteiger partial charge in [0.05, 0.1) is 17.7 Å². The van der Waals surface area contributed by atoms with Gasteiger partial charge >= 0.3 is 6.18 Å². The van der Waals surface area contributed by atoms with Crippen molar-refractivity contribution in [3.05, 3.63) is 41.0 Å². The van der Waals surface area contributed by atoms with Crippen LogP contribution in [-0.4, -0.2) is 24.4 Å². The fourth-order valence-electron chi connectivity index (χ4n) is 2.39. The second kappa shape index (κ2) is 5.78. The average Bonchev–Trinajstić information content (AvgIpc) is 2.45. The summed E-state index contributed by atoms with van der Waals surface area (Å²) in [5.41, 5.74) is 1.12. The zero-order chi connectivity index (χ0) is 15.6. The number of benzene rings is 1. The average molecular weight is 296 g/mol. The number of hydrogen-bond donors (Lipinski definition) is 1. The Morgan fingerprint density at radius 3 is 2.57 bits per heavy atom. The molecule has 0 saturated carbocycles. The highest BCUT2D eigenvalue weighted by Gasteiger charge is 2.35. The number of anilines is 1. The third-order valence-electron chi connectivity index (χ3n) is 3.52. The molecular weight excluding hydrogens is 281 g/mol. The minimum atomic E-state index is -4.28. The maximum atomic E-state index is 12.6. The van der Waals surface area contributed by atoms with Gasteiger partial charge in [0, 0.05) is 29.9 Å². The first-order valence-electron chi connectivity index (χ1n) is 6.56. The van der Waals surface area contributed by atoms with Gasteiger partial charge in [-0.15, -0.1) is 0 Å². The summed E-state index contributed by atoms with van der Waals surface area (Å²) in [5, 5.41) is 18.7. The lowest BCUT2D eigenvalue weighted by atomic mass is 10.0. The molecule has 6 heteroatoms. The van der Waals surface area contributed by atoms with Crippen LogP contribution in [0.5, 0.6) is 0 Å². The van der Waals surface area contributed by atoms with Crippen molar-refractivity contribution in [1.29, 1.82) is 5.26 Å². The van der Waals surface area contributed by atoms with E-state index in [9.17, 15) is 18.3 Å². The molecule has 1 aliphatic heterocycles. The predicted molar refractivity (Wildman–Crippen MR) is 72.8 cm³/mol. The first kappa shape index (κ1) is 15.4. The summed E-state index contributed by atoms with van der Waals surface area (Å²) in [4.78, 5) is 1.75. The first-order valence-corrected chi connectivity index (χ1v) is 6.56. The van der Waals surface area contributed by atoms with Crippen LogP contribution in [0.4, 0.5) is 18.9 Å². The van der Waals surface area contributed by atoms with Gasteiger partial charge in [0.2, 0.25) is 0 Å². The Hall–Kier alpha value is -2.00. The van der Waals surface area contributed by atoms with E-state index < -0.39 is 17.9 Å². The van der Waals surface area contributed by atoms with Crippen molar-refractivity contribution in [1.82, 2.24) is 0 Å². The molecule has 0 bridgehead atoms. The molecule has 1 heterocycles. The third-order valence-corrected chi connectivity index (χ3v) is 3.52. The number of aliphatic hydroxyl groups excluding tert-OH is 1. The predicted octanol–water partition coefficient (Wildman–Crippen LogP) is 3.31. The van der Waals surface area contributed by atoms with Crippen LogP contribution in [0.15, 0.2) is 29.8 Å². The zero-order valence-corrected chi connectivity index (χ0v) is 11.5. The molecule has 112 valence electrons. The number of rotatable bonds is 2. The number of hydrogen-bond acceptors (Lipinski definition) is 3. The Morgan fingerprint density at radius 2 is 2.10 bits per heavy atom. The minimum Gasteiger partial charge on any atom is -0.389 e. The van der Waals surface area contributed by atoms with Gasteiger partial charge in [-0.05, 0) is 25.5 Å². The molecule has 0 aliphatic carbocycles. The zero-order valence-electron chi connectivity index (χ0n) is 11.5. The SMILES string of the molecule is C[C@@H](O)c1ccc(C#N)cc1N1CC=C(C(F)(F)F)CC1. The molecule has 0 aromatic heterocycles. The van der Waals surface area contributed by atoms with Crippen molar-refractivity contribution in [2.75, 3.05) is 18.0 Å². The van der Waals surface area contributed by atoms with Crippen molar-refractivity contribution in [2.45, 2.75) is 25.6 Å². The fraction of sp³-hybridized carbons (Fsp3) is 0.400. The van der Waals surface area contributed by atoms with Crippen LogP contribution in [0.1, 0.15) is 30.6 Å². The molecule has 21 heavy (non-hydrogen) atoms. The smallest absolute Gasteiger partial charge is 0.389 e. The molecule has 0 fully saturated rings. The quantitative estimate of drug-likeness (QED) is 0.852. The molecule has 1 aromatic rings. The van der Waals surface area contributed by atoms with Gasteiger partial charge in [0.15, 0.2) is 0 Å². The summed E-state index contributed by atoms with van der Waals surface area (Å²) in [6.45, 7) is 1.91. The first-order chi connectivity index (χ1) is 9.82. The van der Waals surface area contributed by atoms with Gasteiger partial charge in [-0.1, -0.05) is 12.1 Å². The molecule has 3 nitrogen and oxygen atoms in total. The number of aliphatic hydroxyl groups is 1. The lowest BCUT2D eigenvalue weighted by Gasteiger charge is -2.31. The van der Waals surface area contributed by atoms with Crippen LogP contribution >= 0.6 is 0 Å². The normalized spacial score (nSPS) is 17.1. The van der Waals surface area contributed by atoms with Gasteiger partial charge in [0.1, 0.15) is 0 Å². The highest BCUT2D eigenvalue weighted by molar-refractivity contribution is 5.59. The standard InChI is InChI=1S/C15H15F3N2O/c1-10(21)13-3-2-11(9-19)8-14(13)20-6-4-12(5-7-20)15(16,17)18/h2-4,8,10,21H,5-7H2,1H3/t10-/m1/s1. The van der Waals surface area contributed by atoms with Crippen molar-refractivity contribution >= 4 is 5.69 Å². The summed E-state index contributed by atoms with van der Waals surface area (Å²) < 4.78 is 37.9. The Morgan fingerprint density at radius 1 is 1.38 bits per heavy atom. The van der Waals surface area contributed by atoms with Gasteiger partial charge < -0.3 is 10.0 Å². The Kier molecular flexibility index (Phi) is 4.24. The van der Waals surface area contributed by atoms with Crippen molar-refractivity contribution in [3.63, 3.8) is 0 Å². The second-order valence-corrected chi connectivity index (χ2v) is 4.98. The highest BCUT2D eigenvalue weighted by Crippen LogP contribution is 2.34. The van der Waals surface area contributed by atoms with E-state index in [2.05, 4.69) is 0 Å². The Labute approximate surface area is 120 Å². The molecule has 0 unspecified atom stereocenters. The highest BCUT2D eigenvalue weighted by atomic mass is 19.4. The lowest BCUT2D eigenvalue weighted by Crippen LogP contribution is -2.32. The van der Waals surface area contributed by atoms with Crippen LogP contribution in [0.2, 0.25) is 0 Å². The molecule has 0 radical (unpaired) electrons. The molecule has 0 spiro atoms. The van der Waals surface area contributed by atoms with Crippen LogP contribution < -0.4 is 4.90 Å². The van der Waals surface area contributed by atoms with Gasteiger partial charge in [-0.3, -0.25) is 0 Å². The van der Waals surface area contributed by atoms with E-state index >= 15 is 0 Å². The maximum absolute atomic E-state index is 12.6. The summed E-state index contributed by atoms with van der Waals surface area (Å²) in [6, 6.07) is 6.84. The Bertz CT molecular complexity index is 600. The maximum Gasteiger partial charge on any atom is 0.412 e. The molecule has 2 rings (SSSR count). The number of nitrogens with zero attached hydrogens (tertiary/aromatic N) is 2. The lowest BCUT2D eigenvalue weighted by molar-refractivity contribution is -0.0944. The summed E-state index contributed by atoms with van der Waals surface area (Å²) in [6.07, 6.45) is -3.97. The van der Waals surface area contributed by atoms with Crippen LogP contribution in [0.3, 0.4) is 0 Å². The van der Waals surface area contributed by atoms with Gasteiger partial charge in [-0.2, -0.15) is 18.4 Å². The van der Waals surface area contributed by atoms with Crippen molar-refractivity contribution in [2.24, 2.45) is 0 Å². The minimum absolute atomic E-state index is 0.0977. The largest absolute Gasteiger partial charge is 0.412 e. The number of nitriles is 1. The summed E-state index contributed by atoms with van der Waals surface area (Å²) in [5.74, 6) is 0. The van der Waals surface area contributed by atoms with E-state index in [0.717, 1.165) is 6.08 Å².